The predicted molar refractivity (Wildman–Crippen MR) is 80.9 cm³/mol. The quantitative estimate of drug-likeness (QED) is 0.904. The highest BCUT2D eigenvalue weighted by Crippen LogP contribution is 2.32. The van der Waals surface area contributed by atoms with Gasteiger partial charge in [0.25, 0.3) is 0 Å². The number of ether oxygens (including phenoxy) is 2. The molecule has 1 aliphatic carbocycles. The maximum absolute atomic E-state index is 12.2. The number of nitrogens with zero attached hydrogens (tertiary/aromatic N) is 1. The number of fused-ring (bicyclic) bond motifs is 1. The highest BCUT2D eigenvalue weighted by atomic mass is 16.5. The lowest BCUT2D eigenvalue weighted by molar-refractivity contribution is -0.129. The Balaban J connectivity index is 1.60. The summed E-state index contributed by atoms with van der Waals surface area (Å²) in [5.41, 5.74) is 0.888. The number of rotatable bonds is 5. The Bertz CT molecular complexity index is 514. The van der Waals surface area contributed by atoms with Gasteiger partial charge in [-0.2, -0.15) is 0 Å². The molecule has 0 saturated heterocycles. The number of carbonyl (C=O) groups excluding carboxylic acids is 1. The second kappa shape index (κ2) is 6.24. The first-order chi connectivity index (χ1) is 10.3. The van der Waals surface area contributed by atoms with E-state index in [0.717, 1.165) is 43.0 Å². The van der Waals surface area contributed by atoms with Crippen LogP contribution in [0.4, 0.5) is 5.69 Å². The van der Waals surface area contributed by atoms with Crippen LogP contribution >= 0.6 is 0 Å². The van der Waals surface area contributed by atoms with E-state index >= 15 is 0 Å². The van der Waals surface area contributed by atoms with Crippen molar-refractivity contribution in [3.05, 3.63) is 18.2 Å². The molecule has 1 heterocycles. The number of nitrogens with one attached hydrogen (secondary N) is 1. The van der Waals surface area contributed by atoms with Gasteiger partial charge in [-0.05, 0) is 31.9 Å². The second-order valence-electron chi connectivity index (χ2n) is 5.48. The number of hydrogen-bond donors (Lipinski definition) is 1. The van der Waals surface area contributed by atoms with Crippen molar-refractivity contribution in [2.75, 3.05) is 31.6 Å². The number of carbonyl (C=O) groups is 1. The number of hydrogen-bond acceptors (Lipinski definition) is 4. The molecule has 3 rings (SSSR count). The largest absolute Gasteiger partial charge is 0.490 e. The monoisotopic (exact) mass is 290 g/mol. The summed E-state index contributed by atoms with van der Waals surface area (Å²) >= 11 is 0. The van der Waals surface area contributed by atoms with Crippen LogP contribution in [0.3, 0.4) is 0 Å². The number of likely N-dealkylation sites (N-methyl/N-ethyl adjacent to an activating group) is 1. The average molecular weight is 290 g/mol. The van der Waals surface area contributed by atoms with Crippen molar-refractivity contribution in [1.29, 1.82) is 0 Å². The number of benzene rings is 1. The van der Waals surface area contributed by atoms with Crippen molar-refractivity contribution in [2.45, 2.75) is 32.2 Å². The Kier molecular flexibility index (Phi) is 4.18. The fraction of sp³-hybridized carbons (Fsp3) is 0.562. The van der Waals surface area contributed by atoms with Gasteiger partial charge >= 0.3 is 0 Å². The van der Waals surface area contributed by atoms with Gasteiger partial charge in [-0.1, -0.05) is 0 Å². The summed E-state index contributed by atoms with van der Waals surface area (Å²) in [4.78, 5) is 14.1. The maximum atomic E-state index is 12.2. The molecule has 0 unspecified atom stereocenters. The first-order valence-electron chi connectivity index (χ1n) is 7.71. The zero-order chi connectivity index (χ0) is 14.7. The first-order valence-corrected chi connectivity index (χ1v) is 7.71. The molecule has 1 fully saturated rings. The van der Waals surface area contributed by atoms with Crippen molar-refractivity contribution >= 4 is 11.6 Å². The Morgan fingerprint density at radius 3 is 2.76 bits per heavy atom. The summed E-state index contributed by atoms with van der Waals surface area (Å²) in [6.45, 7) is 4.49. The van der Waals surface area contributed by atoms with Gasteiger partial charge in [0.05, 0.1) is 19.8 Å². The molecule has 1 saturated carbocycles. The molecule has 1 amide bonds. The minimum absolute atomic E-state index is 0.159. The van der Waals surface area contributed by atoms with Crippen LogP contribution < -0.4 is 14.8 Å². The van der Waals surface area contributed by atoms with Crippen LogP contribution in [-0.4, -0.2) is 43.2 Å². The zero-order valence-electron chi connectivity index (χ0n) is 12.4. The molecule has 0 atom stereocenters. The molecule has 1 aromatic rings. The molecule has 5 nitrogen and oxygen atoms in total. The summed E-state index contributed by atoms with van der Waals surface area (Å²) in [6, 6.07) is 6.19. The SMILES string of the molecule is CCN(C(=O)CNc1ccc2c(c1)OCCCO2)C1CC1. The molecule has 0 spiro atoms. The third-order valence-corrected chi connectivity index (χ3v) is 3.84. The molecule has 2 aliphatic rings. The minimum atomic E-state index is 0.159. The molecule has 1 N–H and O–H groups in total. The second-order valence-corrected chi connectivity index (χ2v) is 5.48. The summed E-state index contributed by atoms with van der Waals surface area (Å²) in [7, 11) is 0. The Labute approximate surface area is 125 Å². The predicted octanol–water partition coefficient (Wildman–Crippen LogP) is 2.27. The van der Waals surface area contributed by atoms with E-state index in [9.17, 15) is 4.79 Å². The lowest BCUT2D eigenvalue weighted by atomic mass is 10.2. The third-order valence-electron chi connectivity index (χ3n) is 3.84. The van der Waals surface area contributed by atoms with E-state index in [2.05, 4.69) is 5.32 Å². The summed E-state index contributed by atoms with van der Waals surface area (Å²) in [5.74, 6) is 1.68. The van der Waals surface area contributed by atoms with Gasteiger partial charge in [0, 0.05) is 30.8 Å². The molecule has 1 aliphatic heterocycles. The Morgan fingerprint density at radius 2 is 2.05 bits per heavy atom. The van der Waals surface area contributed by atoms with Crippen molar-refractivity contribution in [3.63, 3.8) is 0 Å². The van der Waals surface area contributed by atoms with Crippen LogP contribution in [0.25, 0.3) is 0 Å². The third kappa shape index (κ3) is 3.40. The minimum Gasteiger partial charge on any atom is -0.490 e. The van der Waals surface area contributed by atoms with Gasteiger partial charge < -0.3 is 19.7 Å². The van der Waals surface area contributed by atoms with E-state index in [0.29, 0.717) is 25.8 Å². The zero-order valence-corrected chi connectivity index (χ0v) is 12.4. The lowest BCUT2D eigenvalue weighted by Gasteiger charge is -2.21. The molecule has 0 bridgehead atoms. The van der Waals surface area contributed by atoms with Gasteiger partial charge in [-0.3, -0.25) is 4.79 Å². The van der Waals surface area contributed by atoms with E-state index in [-0.39, 0.29) is 5.91 Å². The van der Waals surface area contributed by atoms with E-state index in [1.165, 1.54) is 0 Å². The van der Waals surface area contributed by atoms with Crippen LogP contribution in [-0.2, 0) is 4.79 Å². The van der Waals surface area contributed by atoms with Crippen LogP contribution in [0.15, 0.2) is 18.2 Å². The summed E-state index contributed by atoms with van der Waals surface area (Å²) in [5, 5.41) is 3.19. The number of amides is 1. The lowest BCUT2D eigenvalue weighted by Crippen LogP contribution is -2.37. The van der Waals surface area contributed by atoms with Gasteiger partial charge in [-0.25, -0.2) is 0 Å². The fourth-order valence-electron chi connectivity index (χ4n) is 2.58. The summed E-state index contributed by atoms with van der Waals surface area (Å²) < 4.78 is 11.2. The molecule has 0 aromatic heterocycles. The van der Waals surface area contributed by atoms with Crippen LogP contribution in [0.1, 0.15) is 26.2 Å². The average Bonchev–Trinajstić information content (AvgIpc) is 3.32. The highest BCUT2D eigenvalue weighted by molar-refractivity contribution is 5.81. The van der Waals surface area contributed by atoms with Crippen molar-refractivity contribution < 1.29 is 14.3 Å². The van der Waals surface area contributed by atoms with E-state index in [4.69, 9.17) is 9.47 Å². The Hall–Kier alpha value is -1.91. The van der Waals surface area contributed by atoms with Crippen molar-refractivity contribution in [1.82, 2.24) is 4.90 Å². The molecule has 21 heavy (non-hydrogen) atoms. The van der Waals surface area contributed by atoms with Crippen LogP contribution in [0.2, 0.25) is 0 Å². The highest BCUT2D eigenvalue weighted by Gasteiger charge is 2.30. The van der Waals surface area contributed by atoms with Crippen LogP contribution in [0, 0.1) is 0 Å². The maximum Gasteiger partial charge on any atom is 0.242 e. The number of anilines is 1. The van der Waals surface area contributed by atoms with Gasteiger partial charge in [0.2, 0.25) is 5.91 Å². The standard InChI is InChI=1S/C16H22N2O3/c1-2-18(13-5-6-13)16(19)11-17-12-4-7-14-15(10-12)21-9-3-8-20-14/h4,7,10,13,17H,2-3,5-6,8-9,11H2,1H3. The van der Waals surface area contributed by atoms with Crippen LogP contribution in [0.5, 0.6) is 11.5 Å². The molecule has 5 heteroatoms. The van der Waals surface area contributed by atoms with Gasteiger partial charge in [-0.15, -0.1) is 0 Å². The van der Waals surface area contributed by atoms with Crippen molar-refractivity contribution in [2.24, 2.45) is 0 Å². The smallest absolute Gasteiger partial charge is 0.242 e. The topological polar surface area (TPSA) is 50.8 Å². The fourth-order valence-corrected chi connectivity index (χ4v) is 2.58. The van der Waals surface area contributed by atoms with Crippen molar-refractivity contribution in [3.8, 4) is 11.5 Å². The first kappa shape index (κ1) is 14.0. The molecular weight excluding hydrogens is 268 g/mol. The van der Waals surface area contributed by atoms with E-state index in [1.54, 1.807) is 0 Å². The molecule has 0 radical (unpaired) electrons. The van der Waals surface area contributed by atoms with Gasteiger partial charge in [0.1, 0.15) is 0 Å². The summed E-state index contributed by atoms with van der Waals surface area (Å²) in [6.07, 6.45) is 3.18. The molecule has 1 aromatic carbocycles. The van der Waals surface area contributed by atoms with E-state index < -0.39 is 0 Å². The van der Waals surface area contributed by atoms with Gasteiger partial charge in [0.15, 0.2) is 11.5 Å². The normalized spacial score (nSPS) is 17.0. The Morgan fingerprint density at radius 1 is 1.29 bits per heavy atom. The van der Waals surface area contributed by atoms with E-state index in [1.807, 2.05) is 30.0 Å². The molecule has 114 valence electrons. The molecular formula is C16H22N2O3.